The molecule has 0 radical (unpaired) electrons. The van der Waals surface area contributed by atoms with Gasteiger partial charge < -0.3 is 19.3 Å². The van der Waals surface area contributed by atoms with Crippen molar-refractivity contribution in [3.8, 4) is 11.5 Å². The fraction of sp³-hybridized carbons (Fsp3) is 0.476. The molecule has 0 spiro atoms. The fourth-order valence-electron chi connectivity index (χ4n) is 4.71. The summed E-state index contributed by atoms with van der Waals surface area (Å²) < 4.78 is 16.1. The number of aliphatic hydroxyl groups is 1. The van der Waals surface area contributed by atoms with E-state index in [1.807, 2.05) is 24.3 Å². The first-order valence-corrected chi connectivity index (χ1v) is 8.77. The maximum atomic E-state index is 13.3. The van der Waals surface area contributed by atoms with Crippen molar-refractivity contribution in [2.24, 2.45) is 17.3 Å². The van der Waals surface area contributed by atoms with Gasteiger partial charge >= 0.3 is 0 Å². The molecule has 0 aromatic heterocycles. The van der Waals surface area contributed by atoms with Crippen LogP contribution in [0.25, 0.3) is 0 Å². The van der Waals surface area contributed by atoms with E-state index in [1.165, 1.54) is 7.11 Å². The Bertz CT molecular complexity index is 753. The Hall–Kier alpha value is -2.27. The fourth-order valence-corrected chi connectivity index (χ4v) is 4.71. The summed E-state index contributed by atoms with van der Waals surface area (Å²) in [5, 5.41) is 10.8. The van der Waals surface area contributed by atoms with E-state index in [0.717, 1.165) is 5.56 Å². The summed E-state index contributed by atoms with van der Waals surface area (Å²) >= 11 is 0. The quantitative estimate of drug-likeness (QED) is 0.792. The zero-order chi connectivity index (χ0) is 19.1. The van der Waals surface area contributed by atoms with Crippen molar-refractivity contribution in [2.45, 2.75) is 25.4 Å². The molecule has 0 saturated heterocycles. The molecular weight excluding hydrogens is 332 g/mol. The molecule has 1 aromatic rings. The standard InChI is InChI=1S/C21H26O5/c1-6-9-21-11-16(26-5)19(22)18(20(21)23)17(12(21)2)13-7-8-14(24-3)15(10-13)25-4/h6-8,10-12,17-19,22H,1,9H2,2-5H3. The minimum atomic E-state index is -0.950. The van der Waals surface area contributed by atoms with Crippen LogP contribution < -0.4 is 9.47 Å². The predicted octanol–water partition coefficient (Wildman–Crippen LogP) is 3.09. The van der Waals surface area contributed by atoms with Gasteiger partial charge in [0.1, 0.15) is 17.6 Å². The van der Waals surface area contributed by atoms with Crippen LogP contribution in [0.2, 0.25) is 0 Å². The number of hydrogen-bond donors (Lipinski definition) is 1. The van der Waals surface area contributed by atoms with Crippen LogP contribution in [-0.2, 0) is 9.53 Å². The first kappa shape index (κ1) is 18.5. The van der Waals surface area contributed by atoms with Gasteiger partial charge in [-0.15, -0.1) is 6.58 Å². The van der Waals surface area contributed by atoms with Gasteiger partial charge in [-0.3, -0.25) is 4.79 Å². The van der Waals surface area contributed by atoms with Gasteiger partial charge in [-0.25, -0.2) is 0 Å². The van der Waals surface area contributed by atoms with Crippen LogP contribution in [0.15, 0.2) is 42.7 Å². The van der Waals surface area contributed by atoms with Crippen LogP contribution in [0.1, 0.15) is 24.8 Å². The molecule has 5 atom stereocenters. The summed E-state index contributed by atoms with van der Waals surface area (Å²) in [6.45, 7) is 5.89. The van der Waals surface area contributed by atoms with Gasteiger partial charge in [-0.2, -0.15) is 0 Å². The lowest BCUT2D eigenvalue weighted by atomic mass is 9.71. The molecule has 1 aromatic carbocycles. The van der Waals surface area contributed by atoms with Gasteiger partial charge in [-0.1, -0.05) is 19.1 Å². The summed E-state index contributed by atoms with van der Waals surface area (Å²) in [5.41, 5.74) is 0.249. The highest BCUT2D eigenvalue weighted by Crippen LogP contribution is 2.60. The van der Waals surface area contributed by atoms with Crippen molar-refractivity contribution < 1.29 is 24.1 Å². The van der Waals surface area contributed by atoms with Crippen molar-refractivity contribution in [3.05, 3.63) is 48.3 Å². The topological polar surface area (TPSA) is 65.0 Å². The first-order chi connectivity index (χ1) is 12.4. The molecule has 0 amide bonds. The zero-order valence-electron chi connectivity index (χ0n) is 15.7. The number of aliphatic hydroxyl groups excluding tert-OH is 1. The molecule has 5 nitrogen and oxygen atoms in total. The third kappa shape index (κ3) is 2.45. The smallest absolute Gasteiger partial charge is 0.160 e. The number of hydrogen-bond acceptors (Lipinski definition) is 5. The van der Waals surface area contributed by atoms with Gasteiger partial charge in [0.2, 0.25) is 0 Å². The Balaban J connectivity index is 2.13. The molecule has 140 valence electrons. The maximum Gasteiger partial charge on any atom is 0.160 e. The third-order valence-corrected chi connectivity index (χ3v) is 6.04. The molecule has 0 aliphatic heterocycles. The van der Waals surface area contributed by atoms with Crippen LogP contribution in [0.4, 0.5) is 0 Å². The largest absolute Gasteiger partial charge is 0.499 e. The van der Waals surface area contributed by atoms with Gasteiger partial charge in [-0.05, 0) is 36.1 Å². The number of rotatable bonds is 6. The molecule has 3 rings (SSSR count). The van der Waals surface area contributed by atoms with Gasteiger partial charge in [0, 0.05) is 5.92 Å². The number of ether oxygens (including phenoxy) is 3. The summed E-state index contributed by atoms with van der Waals surface area (Å²) in [6.07, 6.45) is 3.15. The lowest BCUT2D eigenvalue weighted by Gasteiger charge is -2.33. The number of allylic oxidation sites excluding steroid dienone is 2. The third-order valence-electron chi connectivity index (χ3n) is 6.04. The van der Waals surface area contributed by atoms with E-state index in [1.54, 1.807) is 20.3 Å². The highest BCUT2D eigenvalue weighted by atomic mass is 16.5. The molecule has 5 heteroatoms. The van der Waals surface area contributed by atoms with Crippen LogP contribution >= 0.6 is 0 Å². The highest BCUT2D eigenvalue weighted by Gasteiger charge is 2.62. The normalized spacial score (nSPS) is 32.8. The summed E-state index contributed by atoms with van der Waals surface area (Å²) in [7, 11) is 4.70. The van der Waals surface area contributed by atoms with Crippen LogP contribution in [0, 0.1) is 17.3 Å². The lowest BCUT2D eigenvalue weighted by Crippen LogP contribution is -2.40. The number of methoxy groups -OCH3 is 3. The predicted molar refractivity (Wildman–Crippen MR) is 98.3 cm³/mol. The van der Waals surface area contributed by atoms with Crippen LogP contribution in [-0.4, -0.2) is 38.3 Å². The average molecular weight is 358 g/mol. The zero-order valence-corrected chi connectivity index (χ0v) is 15.7. The molecule has 2 aliphatic rings. The van der Waals surface area contributed by atoms with E-state index < -0.39 is 17.4 Å². The average Bonchev–Trinajstić information content (AvgIpc) is 2.80. The summed E-state index contributed by atoms with van der Waals surface area (Å²) in [4.78, 5) is 13.3. The van der Waals surface area contributed by atoms with Crippen molar-refractivity contribution in [1.82, 2.24) is 0 Å². The van der Waals surface area contributed by atoms with Crippen LogP contribution in [0.5, 0.6) is 11.5 Å². The Labute approximate surface area is 154 Å². The minimum absolute atomic E-state index is 0.0154. The Morgan fingerprint density at radius 3 is 2.42 bits per heavy atom. The summed E-state index contributed by atoms with van der Waals surface area (Å²) in [6, 6.07) is 5.68. The molecular formula is C21H26O5. The number of fused-ring (bicyclic) bond motifs is 2. The maximum absolute atomic E-state index is 13.3. The lowest BCUT2D eigenvalue weighted by molar-refractivity contribution is -0.132. The minimum Gasteiger partial charge on any atom is -0.499 e. The van der Waals surface area contributed by atoms with Gasteiger partial charge in [0.15, 0.2) is 11.5 Å². The SMILES string of the molecule is C=CCC12C=C(OC)C(O)C(C1=O)C(c1ccc(OC)c(OC)c1)C2C. The highest BCUT2D eigenvalue weighted by molar-refractivity contribution is 5.95. The van der Waals surface area contributed by atoms with Gasteiger partial charge in [0.05, 0.1) is 32.7 Å². The second kappa shape index (κ2) is 6.80. The Kier molecular flexibility index (Phi) is 4.84. The first-order valence-electron chi connectivity index (χ1n) is 8.77. The second-order valence-electron chi connectivity index (χ2n) is 7.05. The molecule has 2 aliphatic carbocycles. The second-order valence-corrected chi connectivity index (χ2v) is 7.05. The Morgan fingerprint density at radius 1 is 1.15 bits per heavy atom. The van der Waals surface area contributed by atoms with Crippen molar-refractivity contribution >= 4 is 5.78 Å². The van der Waals surface area contributed by atoms with E-state index >= 15 is 0 Å². The number of ketones is 1. The molecule has 1 N–H and O–H groups in total. The number of Topliss-reactive ketones (excluding diaryl/α,β-unsaturated/α-hetero) is 1. The van der Waals surface area contributed by atoms with Crippen molar-refractivity contribution in [2.75, 3.05) is 21.3 Å². The summed E-state index contributed by atoms with van der Waals surface area (Å²) in [5.74, 6) is 1.04. The van der Waals surface area contributed by atoms with Crippen LogP contribution in [0.3, 0.4) is 0 Å². The molecule has 26 heavy (non-hydrogen) atoms. The molecule has 1 saturated carbocycles. The molecule has 5 unspecified atom stereocenters. The molecule has 0 heterocycles. The van der Waals surface area contributed by atoms with E-state index in [4.69, 9.17) is 14.2 Å². The molecule has 1 fully saturated rings. The number of carbonyl (C=O) groups is 1. The Morgan fingerprint density at radius 2 is 1.85 bits per heavy atom. The van der Waals surface area contributed by atoms with Gasteiger partial charge in [0.25, 0.3) is 0 Å². The van der Waals surface area contributed by atoms with Crippen molar-refractivity contribution in [1.29, 1.82) is 0 Å². The van der Waals surface area contributed by atoms with Crippen molar-refractivity contribution in [3.63, 3.8) is 0 Å². The van der Waals surface area contributed by atoms with E-state index in [2.05, 4.69) is 13.5 Å². The number of carbonyl (C=O) groups excluding carboxylic acids is 1. The van der Waals surface area contributed by atoms with E-state index in [9.17, 15) is 9.90 Å². The van der Waals surface area contributed by atoms with E-state index in [-0.39, 0.29) is 17.6 Å². The van der Waals surface area contributed by atoms with E-state index in [0.29, 0.717) is 23.7 Å². The monoisotopic (exact) mass is 358 g/mol. The number of benzene rings is 1. The molecule has 2 bridgehead atoms.